The van der Waals surface area contributed by atoms with E-state index in [9.17, 15) is 9.90 Å². The van der Waals surface area contributed by atoms with Crippen LogP contribution < -0.4 is 10.2 Å². The fourth-order valence-electron chi connectivity index (χ4n) is 2.63. The van der Waals surface area contributed by atoms with Gasteiger partial charge in [0.05, 0.1) is 5.71 Å². The predicted molar refractivity (Wildman–Crippen MR) is 103 cm³/mol. The maximum absolute atomic E-state index is 12.1. The highest BCUT2D eigenvalue weighted by atomic mass is 16.5. The van der Waals surface area contributed by atoms with Crippen molar-refractivity contribution >= 4 is 22.4 Å². The SMILES string of the molecule is CCC(=NNC(=O)COc1cccc2ccccc12)c1ccc(O)cc1. The molecular weight excluding hydrogens is 328 g/mol. The number of phenols is 1. The van der Waals surface area contributed by atoms with E-state index in [0.717, 1.165) is 22.0 Å². The van der Waals surface area contributed by atoms with Crippen molar-refractivity contribution in [1.29, 1.82) is 0 Å². The predicted octanol–water partition coefficient (Wildman–Crippen LogP) is 3.85. The fourth-order valence-corrected chi connectivity index (χ4v) is 2.63. The van der Waals surface area contributed by atoms with Gasteiger partial charge >= 0.3 is 0 Å². The maximum Gasteiger partial charge on any atom is 0.277 e. The first kappa shape index (κ1) is 17.5. The number of fused-ring (bicyclic) bond motifs is 1. The average Bonchev–Trinajstić information content (AvgIpc) is 2.68. The van der Waals surface area contributed by atoms with E-state index in [0.29, 0.717) is 12.2 Å². The zero-order valence-corrected chi connectivity index (χ0v) is 14.5. The summed E-state index contributed by atoms with van der Waals surface area (Å²) in [7, 11) is 0. The van der Waals surface area contributed by atoms with Crippen molar-refractivity contribution in [2.75, 3.05) is 6.61 Å². The molecule has 0 spiro atoms. The Kier molecular flexibility index (Phi) is 5.49. The summed E-state index contributed by atoms with van der Waals surface area (Å²) in [5, 5.41) is 15.6. The van der Waals surface area contributed by atoms with Crippen LogP contribution in [0.1, 0.15) is 18.9 Å². The third-order valence-corrected chi connectivity index (χ3v) is 3.96. The lowest BCUT2D eigenvalue weighted by atomic mass is 10.1. The number of rotatable bonds is 6. The highest BCUT2D eigenvalue weighted by Gasteiger charge is 2.07. The summed E-state index contributed by atoms with van der Waals surface area (Å²) in [6.45, 7) is 1.83. The summed E-state index contributed by atoms with van der Waals surface area (Å²) in [5.74, 6) is 0.524. The Morgan fingerprint density at radius 1 is 1.04 bits per heavy atom. The van der Waals surface area contributed by atoms with Gasteiger partial charge in [0.1, 0.15) is 11.5 Å². The lowest BCUT2D eigenvalue weighted by Crippen LogP contribution is -2.26. The number of amides is 1. The first-order chi connectivity index (χ1) is 12.7. The van der Waals surface area contributed by atoms with Gasteiger partial charge in [-0.1, -0.05) is 43.3 Å². The summed E-state index contributed by atoms with van der Waals surface area (Å²) in [6.07, 6.45) is 0.648. The minimum atomic E-state index is -0.331. The van der Waals surface area contributed by atoms with Gasteiger partial charge in [-0.2, -0.15) is 5.10 Å². The fraction of sp³-hybridized carbons (Fsp3) is 0.143. The standard InChI is InChI=1S/C21H20N2O3/c1-2-19(16-10-12-17(24)13-11-16)22-23-21(25)14-26-20-9-5-7-15-6-3-4-8-18(15)20/h3-13,24H,2,14H2,1H3,(H,23,25). The van der Waals surface area contributed by atoms with Crippen molar-refractivity contribution in [2.45, 2.75) is 13.3 Å². The molecule has 1 amide bonds. The zero-order valence-electron chi connectivity index (χ0n) is 14.5. The van der Waals surface area contributed by atoms with Gasteiger partial charge in [-0.15, -0.1) is 0 Å². The van der Waals surface area contributed by atoms with E-state index in [4.69, 9.17) is 4.74 Å². The molecule has 5 nitrogen and oxygen atoms in total. The number of benzene rings is 3. The van der Waals surface area contributed by atoms with E-state index in [1.807, 2.05) is 49.4 Å². The Morgan fingerprint density at radius 3 is 2.54 bits per heavy atom. The second-order valence-corrected chi connectivity index (χ2v) is 5.76. The summed E-state index contributed by atoms with van der Waals surface area (Å²) >= 11 is 0. The average molecular weight is 348 g/mol. The van der Waals surface area contributed by atoms with Crippen LogP contribution in [0.4, 0.5) is 0 Å². The molecule has 0 heterocycles. The first-order valence-corrected chi connectivity index (χ1v) is 8.42. The molecule has 26 heavy (non-hydrogen) atoms. The lowest BCUT2D eigenvalue weighted by molar-refractivity contribution is -0.123. The maximum atomic E-state index is 12.1. The normalized spacial score (nSPS) is 11.3. The number of carbonyl (C=O) groups is 1. The van der Waals surface area contributed by atoms with Crippen LogP contribution in [0.15, 0.2) is 71.8 Å². The minimum absolute atomic E-state index is 0.121. The van der Waals surface area contributed by atoms with Crippen molar-refractivity contribution in [1.82, 2.24) is 5.43 Å². The molecule has 0 atom stereocenters. The summed E-state index contributed by atoms with van der Waals surface area (Å²) < 4.78 is 5.65. The minimum Gasteiger partial charge on any atom is -0.508 e. The van der Waals surface area contributed by atoms with Crippen molar-refractivity contribution in [3.63, 3.8) is 0 Å². The van der Waals surface area contributed by atoms with Gasteiger partial charge in [-0.05, 0) is 47.7 Å². The van der Waals surface area contributed by atoms with Gasteiger partial charge in [0, 0.05) is 5.39 Å². The van der Waals surface area contributed by atoms with Crippen LogP contribution in [0, 0.1) is 0 Å². The summed E-state index contributed by atoms with van der Waals surface area (Å²) in [6, 6.07) is 20.3. The smallest absolute Gasteiger partial charge is 0.277 e. The number of aromatic hydroxyl groups is 1. The van der Waals surface area contributed by atoms with E-state index in [1.165, 1.54) is 0 Å². The molecular formula is C21H20N2O3. The second kappa shape index (κ2) is 8.16. The van der Waals surface area contributed by atoms with Crippen molar-refractivity contribution in [3.05, 3.63) is 72.3 Å². The number of hydrazone groups is 1. The summed E-state index contributed by atoms with van der Waals surface area (Å²) in [4.78, 5) is 12.1. The number of carbonyl (C=O) groups excluding carboxylic acids is 1. The van der Waals surface area contributed by atoms with E-state index in [2.05, 4.69) is 10.5 Å². The summed E-state index contributed by atoms with van der Waals surface area (Å²) in [5.41, 5.74) is 4.10. The molecule has 0 saturated heterocycles. The van der Waals surface area contributed by atoms with Crippen molar-refractivity contribution in [3.8, 4) is 11.5 Å². The number of phenolic OH excluding ortho intramolecular Hbond substituents is 1. The van der Waals surface area contributed by atoms with Crippen LogP contribution in [-0.4, -0.2) is 23.3 Å². The third kappa shape index (κ3) is 4.19. The Bertz CT molecular complexity index is 928. The number of ether oxygens (including phenoxy) is 1. The van der Waals surface area contributed by atoms with E-state index in [-0.39, 0.29) is 18.3 Å². The number of nitrogens with one attached hydrogen (secondary N) is 1. The highest BCUT2D eigenvalue weighted by Crippen LogP contribution is 2.24. The molecule has 2 N–H and O–H groups in total. The van der Waals surface area contributed by atoms with Gasteiger partial charge in [0.15, 0.2) is 6.61 Å². The van der Waals surface area contributed by atoms with Crippen LogP contribution in [0.25, 0.3) is 10.8 Å². The molecule has 0 aromatic heterocycles. The largest absolute Gasteiger partial charge is 0.508 e. The molecule has 3 rings (SSSR count). The van der Waals surface area contributed by atoms with Gasteiger partial charge in [0.25, 0.3) is 5.91 Å². The van der Waals surface area contributed by atoms with E-state index in [1.54, 1.807) is 24.3 Å². The molecule has 0 unspecified atom stereocenters. The Hall–Kier alpha value is -3.34. The molecule has 132 valence electrons. The zero-order chi connectivity index (χ0) is 18.4. The van der Waals surface area contributed by atoms with Crippen LogP contribution >= 0.6 is 0 Å². The molecule has 5 heteroatoms. The molecule has 0 bridgehead atoms. The number of hydrogen-bond donors (Lipinski definition) is 2. The van der Waals surface area contributed by atoms with Crippen LogP contribution in [-0.2, 0) is 4.79 Å². The van der Waals surface area contributed by atoms with Gasteiger partial charge in [-0.3, -0.25) is 4.79 Å². The lowest BCUT2D eigenvalue weighted by Gasteiger charge is -2.09. The second-order valence-electron chi connectivity index (χ2n) is 5.76. The third-order valence-electron chi connectivity index (χ3n) is 3.96. The molecule has 0 radical (unpaired) electrons. The van der Waals surface area contributed by atoms with Gasteiger partial charge < -0.3 is 9.84 Å². The molecule has 3 aromatic rings. The highest BCUT2D eigenvalue weighted by molar-refractivity contribution is 6.01. The molecule has 0 aliphatic carbocycles. The van der Waals surface area contributed by atoms with E-state index < -0.39 is 0 Å². The van der Waals surface area contributed by atoms with E-state index >= 15 is 0 Å². The Labute approximate surface area is 151 Å². The van der Waals surface area contributed by atoms with Crippen LogP contribution in [0.3, 0.4) is 0 Å². The monoisotopic (exact) mass is 348 g/mol. The Balaban J connectivity index is 1.64. The first-order valence-electron chi connectivity index (χ1n) is 8.42. The molecule has 0 saturated carbocycles. The Morgan fingerprint density at radius 2 is 1.77 bits per heavy atom. The molecule has 0 aliphatic rings. The molecule has 0 aliphatic heterocycles. The van der Waals surface area contributed by atoms with Gasteiger partial charge in [0.2, 0.25) is 0 Å². The van der Waals surface area contributed by atoms with Crippen LogP contribution in [0.2, 0.25) is 0 Å². The van der Waals surface area contributed by atoms with Crippen molar-refractivity contribution in [2.24, 2.45) is 5.10 Å². The molecule has 3 aromatic carbocycles. The van der Waals surface area contributed by atoms with Crippen LogP contribution in [0.5, 0.6) is 11.5 Å². The topological polar surface area (TPSA) is 70.9 Å². The van der Waals surface area contributed by atoms with Crippen molar-refractivity contribution < 1.29 is 14.6 Å². The number of nitrogens with zero attached hydrogens (tertiary/aromatic N) is 1. The number of hydrogen-bond acceptors (Lipinski definition) is 4. The quantitative estimate of drug-likeness (QED) is 0.525. The molecule has 0 fully saturated rings. The van der Waals surface area contributed by atoms with Gasteiger partial charge in [-0.25, -0.2) is 5.43 Å².